The van der Waals surface area contributed by atoms with Crippen LogP contribution in [0.3, 0.4) is 0 Å². The number of likely N-dealkylation sites (tertiary alicyclic amines) is 1. The van der Waals surface area contributed by atoms with Crippen LogP contribution in [-0.2, 0) is 14.4 Å². The molecule has 1 N–H and O–H groups in total. The van der Waals surface area contributed by atoms with E-state index in [1.54, 1.807) is 0 Å². The zero-order chi connectivity index (χ0) is 15.3. The average molecular weight is 283 g/mol. The van der Waals surface area contributed by atoms with E-state index in [0.29, 0.717) is 19.4 Å². The van der Waals surface area contributed by atoms with Crippen molar-refractivity contribution < 1.29 is 19.5 Å². The van der Waals surface area contributed by atoms with E-state index < -0.39 is 11.4 Å². The van der Waals surface area contributed by atoms with Crippen LogP contribution in [-0.4, -0.2) is 34.3 Å². The molecule has 1 aliphatic rings. The standard InChI is InChI=1S/C15H25NO4/c1-11(2)15(3)10-12(17)16(14(15)20)9-7-5-4-6-8-13(18)19/h11H,4-10H2,1-3H3,(H,18,19). The fourth-order valence-electron chi connectivity index (χ4n) is 2.48. The van der Waals surface area contributed by atoms with Crippen LogP contribution in [0.1, 0.15) is 59.3 Å². The zero-order valence-electron chi connectivity index (χ0n) is 12.6. The molecule has 1 fully saturated rings. The van der Waals surface area contributed by atoms with Crippen LogP contribution in [0.2, 0.25) is 0 Å². The van der Waals surface area contributed by atoms with Gasteiger partial charge in [0.25, 0.3) is 0 Å². The van der Waals surface area contributed by atoms with Crippen LogP contribution in [0.15, 0.2) is 0 Å². The molecule has 0 spiro atoms. The second-order valence-corrected chi connectivity index (χ2v) is 6.16. The fraction of sp³-hybridized carbons (Fsp3) is 0.800. The number of nitrogens with zero attached hydrogens (tertiary/aromatic N) is 1. The molecule has 1 heterocycles. The monoisotopic (exact) mass is 283 g/mol. The molecule has 1 atom stereocenters. The summed E-state index contributed by atoms with van der Waals surface area (Å²) >= 11 is 0. The lowest BCUT2D eigenvalue weighted by molar-refractivity contribution is -0.142. The van der Waals surface area contributed by atoms with E-state index in [0.717, 1.165) is 19.3 Å². The first-order valence-electron chi connectivity index (χ1n) is 7.35. The van der Waals surface area contributed by atoms with E-state index in [-0.39, 0.29) is 24.2 Å². The molecule has 5 nitrogen and oxygen atoms in total. The summed E-state index contributed by atoms with van der Waals surface area (Å²) in [5, 5.41) is 8.52. The van der Waals surface area contributed by atoms with E-state index in [1.807, 2.05) is 20.8 Å². The van der Waals surface area contributed by atoms with Gasteiger partial charge in [-0.25, -0.2) is 0 Å². The molecule has 1 saturated heterocycles. The Morgan fingerprint density at radius 1 is 1.25 bits per heavy atom. The quantitative estimate of drug-likeness (QED) is 0.548. The van der Waals surface area contributed by atoms with Crippen LogP contribution < -0.4 is 0 Å². The van der Waals surface area contributed by atoms with Gasteiger partial charge in [0.2, 0.25) is 11.8 Å². The number of hydrogen-bond acceptors (Lipinski definition) is 3. The first kappa shape index (κ1) is 16.7. The van der Waals surface area contributed by atoms with Gasteiger partial charge in [0.05, 0.1) is 5.41 Å². The van der Waals surface area contributed by atoms with Crippen molar-refractivity contribution in [1.82, 2.24) is 4.90 Å². The molecule has 1 unspecified atom stereocenters. The minimum Gasteiger partial charge on any atom is -0.481 e. The molecule has 0 aromatic carbocycles. The fourth-order valence-corrected chi connectivity index (χ4v) is 2.48. The van der Waals surface area contributed by atoms with Crippen LogP contribution in [0, 0.1) is 11.3 Å². The third kappa shape index (κ3) is 3.81. The lowest BCUT2D eigenvalue weighted by Gasteiger charge is -2.26. The summed E-state index contributed by atoms with van der Waals surface area (Å²) in [6.45, 7) is 6.28. The first-order chi connectivity index (χ1) is 9.29. The summed E-state index contributed by atoms with van der Waals surface area (Å²) in [7, 11) is 0. The predicted molar refractivity (Wildman–Crippen MR) is 75.0 cm³/mol. The first-order valence-corrected chi connectivity index (χ1v) is 7.35. The molecule has 5 heteroatoms. The van der Waals surface area contributed by atoms with Crippen molar-refractivity contribution in [3.63, 3.8) is 0 Å². The second kappa shape index (κ2) is 6.86. The van der Waals surface area contributed by atoms with Gasteiger partial charge in [0.15, 0.2) is 0 Å². The maximum atomic E-state index is 12.3. The summed E-state index contributed by atoms with van der Waals surface area (Å²) in [5.74, 6) is -0.748. The molecule has 20 heavy (non-hydrogen) atoms. The zero-order valence-corrected chi connectivity index (χ0v) is 12.6. The topological polar surface area (TPSA) is 74.7 Å². The molecule has 0 radical (unpaired) electrons. The highest BCUT2D eigenvalue weighted by Gasteiger charge is 2.49. The number of imide groups is 1. The van der Waals surface area contributed by atoms with Crippen molar-refractivity contribution in [2.45, 2.75) is 59.3 Å². The van der Waals surface area contributed by atoms with Gasteiger partial charge in [0, 0.05) is 19.4 Å². The number of hydrogen-bond donors (Lipinski definition) is 1. The Bertz CT molecular complexity index is 391. The summed E-state index contributed by atoms with van der Waals surface area (Å²) in [5.41, 5.74) is -0.555. The summed E-state index contributed by atoms with van der Waals surface area (Å²) in [6.07, 6.45) is 3.58. The largest absolute Gasteiger partial charge is 0.481 e. The van der Waals surface area contributed by atoms with E-state index in [9.17, 15) is 14.4 Å². The van der Waals surface area contributed by atoms with Crippen molar-refractivity contribution in [2.75, 3.05) is 6.54 Å². The molecule has 1 aliphatic heterocycles. The summed E-state index contributed by atoms with van der Waals surface area (Å²) in [6, 6.07) is 0. The minimum absolute atomic E-state index is 0.0527. The number of rotatable bonds is 8. The van der Waals surface area contributed by atoms with Gasteiger partial charge < -0.3 is 5.11 Å². The number of carboxylic acids is 1. The Morgan fingerprint density at radius 3 is 2.35 bits per heavy atom. The van der Waals surface area contributed by atoms with Crippen molar-refractivity contribution in [3.8, 4) is 0 Å². The van der Waals surface area contributed by atoms with Crippen LogP contribution in [0.4, 0.5) is 0 Å². The number of unbranched alkanes of at least 4 members (excludes halogenated alkanes) is 3. The van der Waals surface area contributed by atoms with E-state index in [2.05, 4.69) is 0 Å². The molecule has 1 rings (SSSR count). The van der Waals surface area contributed by atoms with Crippen molar-refractivity contribution >= 4 is 17.8 Å². The van der Waals surface area contributed by atoms with E-state index in [1.165, 1.54) is 4.90 Å². The highest BCUT2D eigenvalue weighted by molar-refractivity contribution is 6.05. The number of aliphatic carboxylic acids is 1. The molecule has 0 saturated carbocycles. The van der Waals surface area contributed by atoms with Gasteiger partial charge >= 0.3 is 5.97 Å². The Hall–Kier alpha value is -1.39. The third-order valence-corrected chi connectivity index (χ3v) is 4.35. The SMILES string of the molecule is CC(C)C1(C)CC(=O)N(CCCCCCC(=O)O)C1=O. The molecular formula is C15H25NO4. The van der Waals surface area contributed by atoms with Gasteiger partial charge in [-0.05, 0) is 25.7 Å². The second-order valence-electron chi connectivity index (χ2n) is 6.16. The Balaban J connectivity index is 2.36. The van der Waals surface area contributed by atoms with Gasteiger partial charge in [-0.1, -0.05) is 26.7 Å². The summed E-state index contributed by atoms with van der Waals surface area (Å²) < 4.78 is 0. The lowest BCUT2D eigenvalue weighted by atomic mass is 9.78. The van der Waals surface area contributed by atoms with Gasteiger partial charge in [-0.3, -0.25) is 19.3 Å². The lowest BCUT2D eigenvalue weighted by Crippen LogP contribution is -2.37. The molecule has 0 aromatic rings. The number of amides is 2. The molecular weight excluding hydrogens is 258 g/mol. The van der Waals surface area contributed by atoms with Crippen LogP contribution in [0.5, 0.6) is 0 Å². The minimum atomic E-state index is -0.775. The smallest absolute Gasteiger partial charge is 0.303 e. The van der Waals surface area contributed by atoms with Gasteiger partial charge in [-0.15, -0.1) is 0 Å². The highest BCUT2D eigenvalue weighted by atomic mass is 16.4. The van der Waals surface area contributed by atoms with Crippen molar-refractivity contribution in [3.05, 3.63) is 0 Å². The van der Waals surface area contributed by atoms with Gasteiger partial charge in [-0.2, -0.15) is 0 Å². The highest BCUT2D eigenvalue weighted by Crippen LogP contribution is 2.39. The Kier molecular flexibility index (Phi) is 5.72. The Labute approximate surface area is 120 Å². The predicted octanol–water partition coefficient (Wildman–Crippen LogP) is 2.44. The summed E-state index contributed by atoms with van der Waals surface area (Å²) in [4.78, 5) is 36.0. The number of carbonyl (C=O) groups is 3. The molecule has 2 amide bonds. The van der Waals surface area contributed by atoms with Crippen molar-refractivity contribution in [1.29, 1.82) is 0 Å². The number of carboxylic acid groups (broad SMARTS) is 1. The van der Waals surface area contributed by atoms with Crippen molar-refractivity contribution in [2.24, 2.45) is 11.3 Å². The van der Waals surface area contributed by atoms with Gasteiger partial charge in [0.1, 0.15) is 0 Å². The Morgan fingerprint density at radius 2 is 1.85 bits per heavy atom. The van der Waals surface area contributed by atoms with E-state index >= 15 is 0 Å². The van der Waals surface area contributed by atoms with Crippen LogP contribution in [0.25, 0.3) is 0 Å². The molecule has 0 bridgehead atoms. The third-order valence-electron chi connectivity index (χ3n) is 4.35. The van der Waals surface area contributed by atoms with Crippen LogP contribution >= 0.6 is 0 Å². The normalized spacial score (nSPS) is 22.9. The maximum Gasteiger partial charge on any atom is 0.303 e. The average Bonchev–Trinajstić information content (AvgIpc) is 2.57. The number of carbonyl (C=O) groups excluding carboxylic acids is 2. The molecule has 0 aliphatic carbocycles. The molecule has 0 aromatic heterocycles. The maximum absolute atomic E-state index is 12.3. The molecule has 114 valence electrons. The van der Waals surface area contributed by atoms with E-state index in [4.69, 9.17) is 5.11 Å².